The monoisotopic (exact) mass is 337 g/mol. The first kappa shape index (κ1) is 15.1. The highest BCUT2D eigenvalue weighted by molar-refractivity contribution is 5.75. The van der Waals surface area contributed by atoms with Crippen molar-refractivity contribution in [1.82, 2.24) is 24.7 Å². The standard InChI is InChI=1S/C17H12FN5O2/c1-10-6-11(2-3-13(10)18)16-21-15(25-22-16)8-23-9-20-14-7-19-5-4-12(14)17(23)24/h2-7,9H,8H2,1H3. The van der Waals surface area contributed by atoms with E-state index in [0.717, 1.165) is 0 Å². The fourth-order valence-electron chi connectivity index (χ4n) is 2.49. The molecule has 0 amide bonds. The molecular weight excluding hydrogens is 325 g/mol. The largest absolute Gasteiger partial charge is 0.337 e. The molecule has 1 aromatic carbocycles. The van der Waals surface area contributed by atoms with E-state index in [2.05, 4.69) is 20.1 Å². The molecule has 4 rings (SSSR count). The highest BCUT2D eigenvalue weighted by Crippen LogP contribution is 2.19. The van der Waals surface area contributed by atoms with Crippen molar-refractivity contribution in [2.45, 2.75) is 13.5 Å². The lowest BCUT2D eigenvalue weighted by Crippen LogP contribution is -2.21. The Bertz CT molecular complexity index is 1140. The molecule has 0 radical (unpaired) electrons. The van der Waals surface area contributed by atoms with Crippen LogP contribution < -0.4 is 5.56 Å². The normalized spacial score (nSPS) is 11.1. The Morgan fingerprint density at radius 1 is 1.28 bits per heavy atom. The van der Waals surface area contributed by atoms with Crippen LogP contribution in [-0.2, 0) is 6.54 Å². The van der Waals surface area contributed by atoms with Crippen molar-refractivity contribution in [2.24, 2.45) is 0 Å². The number of pyridine rings is 1. The van der Waals surface area contributed by atoms with Gasteiger partial charge in [0.1, 0.15) is 12.4 Å². The zero-order chi connectivity index (χ0) is 17.4. The topological polar surface area (TPSA) is 86.7 Å². The lowest BCUT2D eigenvalue weighted by atomic mass is 10.1. The zero-order valence-corrected chi connectivity index (χ0v) is 13.2. The minimum Gasteiger partial charge on any atom is -0.337 e. The summed E-state index contributed by atoms with van der Waals surface area (Å²) < 4.78 is 20.0. The fraction of sp³-hybridized carbons (Fsp3) is 0.118. The Morgan fingerprint density at radius 3 is 3.00 bits per heavy atom. The molecule has 0 aliphatic carbocycles. The maximum Gasteiger partial charge on any atom is 0.261 e. The number of hydrogen-bond acceptors (Lipinski definition) is 6. The van der Waals surface area contributed by atoms with Crippen LogP contribution in [0.3, 0.4) is 0 Å². The predicted octanol–water partition coefficient (Wildman–Crippen LogP) is 2.34. The van der Waals surface area contributed by atoms with Crippen molar-refractivity contribution in [1.29, 1.82) is 0 Å². The molecular formula is C17H12FN5O2. The van der Waals surface area contributed by atoms with Crippen molar-refractivity contribution in [3.8, 4) is 11.4 Å². The van der Waals surface area contributed by atoms with Crippen LogP contribution in [0.2, 0.25) is 0 Å². The number of halogens is 1. The van der Waals surface area contributed by atoms with Gasteiger partial charge in [0.05, 0.1) is 23.4 Å². The molecule has 0 aliphatic rings. The van der Waals surface area contributed by atoms with E-state index in [1.807, 2.05) is 0 Å². The SMILES string of the molecule is Cc1cc(-c2noc(Cn3cnc4cnccc4c3=O)n2)ccc1F. The van der Waals surface area contributed by atoms with Crippen LogP contribution in [0.4, 0.5) is 4.39 Å². The van der Waals surface area contributed by atoms with Gasteiger partial charge in [0, 0.05) is 11.8 Å². The predicted molar refractivity (Wildman–Crippen MR) is 87.3 cm³/mol. The minimum atomic E-state index is -0.296. The first-order chi connectivity index (χ1) is 12.1. The summed E-state index contributed by atoms with van der Waals surface area (Å²) in [4.78, 5) is 24.9. The van der Waals surface area contributed by atoms with E-state index in [4.69, 9.17) is 4.52 Å². The lowest BCUT2D eigenvalue weighted by molar-refractivity contribution is 0.369. The number of aromatic nitrogens is 5. The molecule has 0 saturated heterocycles. The molecule has 124 valence electrons. The zero-order valence-electron chi connectivity index (χ0n) is 13.2. The first-order valence-electron chi connectivity index (χ1n) is 7.50. The Labute approximate surface area is 140 Å². The van der Waals surface area contributed by atoms with Crippen molar-refractivity contribution in [3.05, 3.63) is 70.6 Å². The molecule has 0 saturated carbocycles. The summed E-state index contributed by atoms with van der Waals surface area (Å²) in [6.07, 6.45) is 4.48. The maximum atomic E-state index is 13.4. The van der Waals surface area contributed by atoms with Gasteiger partial charge >= 0.3 is 0 Å². The molecule has 0 atom stereocenters. The Balaban J connectivity index is 1.66. The molecule has 7 nitrogen and oxygen atoms in total. The van der Waals surface area contributed by atoms with E-state index in [-0.39, 0.29) is 23.8 Å². The third-order valence-electron chi connectivity index (χ3n) is 3.82. The maximum absolute atomic E-state index is 13.4. The molecule has 0 fully saturated rings. The summed E-state index contributed by atoms with van der Waals surface area (Å²) in [5.41, 5.74) is 1.44. The second kappa shape index (κ2) is 5.90. The molecule has 0 aliphatic heterocycles. The van der Waals surface area contributed by atoms with Crippen LogP contribution in [0.1, 0.15) is 11.5 Å². The second-order valence-electron chi connectivity index (χ2n) is 5.55. The van der Waals surface area contributed by atoms with E-state index in [0.29, 0.717) is 27.9 Å². The molecule has 0 spiro atoms. The highest BCUT2D eigenvalue weighted by Gasteiger charge is 2.12. The Hall–Kier alpha value is -3.42. The minimum absolute atomic E-state index is 0.0945. The summed E-state index contributed by atoms with van der Waals surface area (Å²) >= 11 is 0. The van der Waals surface area contributed by atoms with Crippen molar-refractivity contribution in [3.63, 3.8) is 0 Å². The average Bonchev–Trinajstić information content (AvgIpc) is 3.09. The van der Waals surface area contributed by atoms with Crippen LogP contribution in [0.5, 0.6) is 0 Å². The van der Waals surface area contributed by atoms with Gasteiger partial charge in [-0.25, -0.2) is 9.37 Å². The molecule has 3 heterocycles. The molecule has 0 bridgehead atoms. The van der Waals surface area contributed by atoms with Crippen LogP contribution in [0.25, 0.3) is 22.3 Å². The molecule has 0 unspecified atom stereocenters. The van der Waals surface area contributed by atoms with Gasteiger partial charge in [-0.3, -0.25) is 14.3 Å². The summed E-state index contributed by atoms with van der Waals surface area (Å²) in [5, 5.41) is 4.36. The van der Waals surface area contributed by atoms with E-state index in [1.165, 1.54) is 29.4 Å². The van der Waals surface area contributed by atoms with Crippen molar-refractivity contribution >= 4 is 10.9 Å². The van der Waals surface area contributed by atoms with Gasteiger partial charge in [0.2, 0.25) is 11.7 Å². The van der Waals surface area contributed by atoms with Crippen molar-refractivity contribution in [2.75, 3.05) is 0 Å². The lowest BCUT2D eigenvalue weighted by Gasteiger charge is -2.02. The van der Waals surface area contributed by atoms with Crippen molar-refractivity contribution < 1.29 is 8.91 Å². The molecule has 25 heavy (non-hydrogen) atoms. The quantitative estimate of drug-likeness (QED) is 0.570. The Morgan fingerprint density at radius 2 is 2.16 bits per heavy atom. The van der Waals surface area contributed by atoms with Gasteiger partial charge in [-0.2, -0.15) is 4.98 Å². The average molecular weight is 337 g/mol. The number of aryl methyl sites for hydroxylation is 1. The van der Waals surface area contributed by atoms with Gasteiger partial charge in [0.15, 0.2) is 0 Å². The Kier molecular flexibility index (Phi) is 3.57. The number of nitrogens with zero attached hydrogens (tertiary/aromatic N) is 5. The highest BCUT2D eigenvalue weighted by atomic mass is 19.1. The molecule has 0 N–H and O–H groups in total. The van der Waals surface area contributed by atoms with Gasteiger partial charge < -0.3 is 4.52 Å². The summed E-state index contributed by atoms with van der Waals surface area (Å²) in [5.74, 6) is 0.300. The molecule has 4 aromatic rings. The smallest absolute Gasteiger partial charge is 0.261 e. The van der Waals surface area contributed by atoms with E-state index >= 15 is 0 Å². The van der Waals surface area contributed by atoms with Crippen LogP contribution >= 0.6 is 0 Å². The number of hydrogen-bond donors (Lipinski definition) is 0. The molecule has 3 aromatic heterocycles. The van der Waals surface area contributed by atoms with Crippen LogP contribution in [-0.4, -0.2) is 24.7 Å². The number of fused-ring (bicyclic) bond motifs is 1. The fourth-order valence-corrected chi connectivity index (χ4v) is 2.49. The third kappa shape index (κ3) is 2.78. The number of rotatable bonds is 3. The summed E-state index contributed by atoms with van der Waals surface area (Å²) in [7, 11) is 0. The first-order valence-corrected chi connectivity index (χ1v) is 7.50. The van der Waals surface area contributed by atoms with E-state index < -0.39 is 0 Å². The van der Waals surface area contributed by atoms with Crippen LogP contribution in [0.15, 0.2) is 52.3 Å². The van der Waals surface area contributed by atoms with Gasteiger partial charge in [-0.05, 0) is 36.8 Å². The van der Waals surface area contributed by atoms with Gasteiger partial charge in [-0.1, -0.05) is 5.16 Å². The van der Waals surface area contributed by atoms with Gasteiger partial charge in [0.25, 0.3) is 5.56 Å². The van der Waals surface area contributed by atoms with E-state index in [1.54, 1.807) is 25.1 Å². The summed E-state index contributed by atoms with van der Waals surface area (Å²) in [6.45, 7) is 1.76. The molecule has 8 heteroatoms. The van der Waals surface area contributed by atoms with E-state index in [9.17, 15) is 9.18 Å². The van der Waals surface area contributed by atoms with Gasteiger partial charge in [-0.15, -0.1) is 0 Å². The second-order valence-corrected chi connectivity index (χ2v) is 5.55. The van der Waals surface area contributed by atoms with Crippen LogP contribution in [0, 0.1) is 12.7 Å². The third-order valence-corrected chi connectivity index (χ3v) is 3.82. The summed E-state index contributed by atoms with van der Waals surface area (Å²) in [6, 6.07) is 6.18. The number of benzene rings is 1.